The Labute approximate surface area is 144 Å². The third-order valence-electron chi connectivity index (χ3n) is 5.52. The maximum Gasteiger partial charge on any atom is 0.222 e. The molecule has 2 fully saturated rings. The molecule has 0 saturated carbocycles. The minimum Gasteiger partial charge on any atom is -0.497 e. The van der Waals surface area contributed by atoms with Gasteiger partial charge < -0.3 is 14.7 Å². The number of ether oxygens (including phenoxy) is 1. The highest BCUT2D eigenvalue weighted by Gasteiger charge is 2.40. The van der Waals surface area contributed by atoms with Gasteiger partial charge in [-0.05, 0) is 50.4 Å². The number of carbonyl (C=O) groups excluding carboxylic acids is 1. The van der Waals surface area contributed by atoms with Gasteiger partial charge in [-0.1, -0.05) is 12.1 Å². The minimum absolute atomic E-state index is 0.0867. The topological polar surface area (TPSA) is 53.0 Å². The number of hydrogen-bond acceptors (Lipinski definition) is 4. The van der Waals surface area contributed by atoms with Crippen molar-refractivity contribution in [3.05, 3.63) is 29.8 Å². The Morgan fingerprint density at radius 1 is 1.21 bits per heavy atom. The molecule has 2 aliphatic heterocycles. The van der Waals surface area contributed by atoms with E-state index in [0.29, 0.717) is 6.42 Å². The molecule has 2 aliphatic rings. The number of hydrogen-bond donors (Lipinski definition) is 1. The van der Waals surface area contributed by atoms with Crippen molar-refractivity contribution < 1.29 is 14.6 Å². The lowest BCUT2D eigenvalue weighted by molar-refractivity contribution is -0.128. The zero-order chi connectivity index (χ0) is 17.2. The number of methoxy groups -OCH3 is 1. The maximum atomic E-state index is 11.8. The summed E-state index contributed by atoms with van der Waals surface area (Å²) in [5.74, 6) is 1.07. The predicted octanol–water partition coefficient (Wildman–Crippen LogP) is 1.99. The van der Waals surface area contributed by atoms with Crippen molar-refractivity contribution in [2.45, 2.75) is 44.2 Å². The molecule has 1 amide bonds. The normalized spacial score (nSPS) is 24.4. The second-order valence-corrected chi connectivity index (χ2v) is 7.05. The van der Waals surface area contributed by atoms with Crippen LogP contribution in [0.3, 0.4) is 0 Å². The molecule has 1 aromatic carbocycles. The fourth-order valence-electron chi connectivity index (χ4n) is 4.04. The first kappa shape index (κ1) is 17.2. The van der Waals surface area contributed by atoms with E-state index in [9.17, 15) is 9.90 Å². The van der Waals surface area contributed by atoms with E-state index < -0.39 is 5.60 Å². The Hall–Kier alpha value is -1.59. The Kier molecular flexibility index (Phi) is 5.11. The summed E-state index contributed by atoms with van der Waals surface area (Å²) >= 11 is 0. The number of rotatable bonds is 6. The Morgan fingerprint density at radius 3 is 2.58 bits per heavy atom. The van der Waals surface area contributed by atoms with E-state index in [0.717, 1.165) is 56.8 Å². The highest BCUT2D eigenvalue weighted by atomic mass is 16.5. The van der Waals surface area contributed by atoms with Crippen LogP contribution in [0.25, 0.3) is 0 Å². The van der Waals surface area contributed by atoms with E-state index in [2.05, 4.69) is 4.90 Å². The van der Waals surface area contributed by atoms with Gasteiger partial charge in [-0.15, -0.1) is 0 Å². The van der Waals surface area contributed by atoms with Crippen LogP contribution in [0.5, 0.6) is 5.75 Å². The van der Waals surface area contributed by atoms with Crippen molar-refractivity contribution in [2.24, 2.45) is 0 Å². The third kappa shape index (κ3) is 3.42. The minimum atomic E-state index is -0.905. The molecule has 3 rings (SSSR count). The van der Waals surface area contributed by atoms with Crippen molar-refractivity contribution in [3.63, 3.8) is 0 Å². The fourth-order valence-corrected chi connectivity index (χ4v) is 4.04. The average Bonchev–Trinajstić information content (AvgIpc) is 3.22. The first-order valence-corrected chi connectivity index (χ1v) is 8.91. The average molecular weight is 332 g/mol. The van der Waals surface area contributed by atoms with Crippen LogP contribution in [0.1, 0.15) is 38.2 Å². The van der Waals surface area contributed by atoms with Crippen LogP contribution in [0.2, 0.25) is 0 Å². The second-order valence-electron chi connectivity index (χ2n) is 7.05. The quantitative estimate of drug-likeness (QED) is 0.866. The smallest absolute Gasteiger partial charge is 0.222 e. The second kappa shape index (κ2) is 7.11. The molecule has 0 aliphatic carbocycles. The van der Waals surface area contributed by atoms with E-state index in [-0.39, 0.29) is 11.9 Å². The van der Waals surface area contributed by atoms with Crippen LogP contribution < -0.4 is 4.74 Å². The highest BCUT2D eigenvalue weighted by Crippen LogP contribution is 2.35. The summed E-state index contributed by atoms with van der Waals surface area (Å²) in [5.41, 5.74) is 0.00933. The van der Waals surface area contributed by atoms with Gasteiger partial charge in [-0.3, -0.25) is 9.69 Å². The summed E-state index contributed by atoms with van der Waals surface area (Å²) < 4.78 is 5.20. The SMILES string of the molecule is COc1ccc([C@@](C)(O)[C@@H]2CCCN2CCN2CCCC2=O)cc1. The molecule has 132 valence electrons. The van der Waals surface area contributed by atoms with Gasteiger partial charge in [0.2, 0.25) is 5.91 Å². The van der Waals surface area contributed by atoms with E-state index in [1.807, 2.05) is 36.1 Å². The fraction of sp³-hybridized carbons (Fsp3) is 0.632. The van der Waals surface area contributed by atoms with Gasteiger partial charge in [0.25, 0.3) is 0 Å². The lowest BCUT2D eigenvalue weighted by Crippen LogP contribution is -2.48. The van der Waals surface area contributed by atoms with Crippen LogP contribution >= 0.6 is 0 Å². The van der Waals surface area contributed by atoms with Gasteiger partial charge in [-0.2, -0.15) is 0 Å². The first-order valence-electron chi connectivity index (χ1n) is 8.91. The molecule has 5 nitrogen and oxygen atoms in total. The Balaban J connectivity index is 1.67. The van der Waals surface area contributed by atoms with Crippen LogP contribution in [0, 0.1) is 0 Å². The molecular weight excluding hydrogens is 304 g/mol. The maximum absolute atomic E-state index is 11.8. The predicted molar refractivity (Wildman–Crippen MR) is 93.0 cm³/mol. The summed E-state index contributed by atoms with van der Waals surface area (Å²) in [4.78, 5) is 16.1. The van der Waals surface area contributed by atoms with Gasteiger partial charge in [0.1, 0.15) is 11.4 Å². The van der Waals surface area contributed by atoms with E-state index in [4.69, 9.17) is 4.74 Å². The molecule has 0 spiro atoms. The van der Waals surface area contributed by atoms with Crippen LogP contribution in [0.4, 0.5) is 0 Å². The highest BCUT2D eigenvalue weighted by molar-refractivity contribution is 5.78. The zero-order valence-corrected chi connectivity index (χ0v) is 14.7. The molecule has 2 heterocycles. The van der Waals surface area contributed by atoms with Gasteiger partial charge in [0.15, 0.2) is 0 Å². The van der Waals surface area contributed by atoms with Crippen LogP contribution in [0.15, 0.2) is 24.3 Å². The number of carbonyl (C=O) groups is 1. The molecule has 0 radical (unpaired) electrons. The number of aliphatic hydroxyl groups is 1. The lowest BCUT2D eigenvalue weighted by Gasteiger charge is -2.37. The molecule has 2 atom stereocenters. The number of amides is 1. The van der Waals surface area contributed by atoms with Crippen LogP contribution in [-0.4, -0.2) is 60.1 Å². The molecule has 1 N–H and O–H groups in total. The van der Waals surface area contributed by atoms with Gasteiger partial charge in [0, 0.05) is 32.1 Å². The van der Waals surface area contributed by atoms with Crippen molar-refractivity contribution in [1.82, 2.24) is 9.80 Å². The van der Waals surface area contributed by atoms with Gasteiger partial charge in [-0.25, -0.2) is 0 Å². The largest absolute Gasteiger partial charge is 0.497 e. The first-order chi connectivity index (χ1) is 11.5. The molecule has 1 aromatic rings. The van der Waals surface area contributed by atoms with Gasteiger partial charge >= 0.3 is 0 Å². The number of benzene rings is 1. The van der Waals surface area contributed by atoms with Gasteiger partial charge in [0.05, 0.1) is 7.11 Å². The molecule has 2 saturated heterocycles. The molecule has 0 aromatic heterocycles. The Morgan fingerprint density at radius 2 is 1.96 bits per heavy atom. The molecule has 0 bridgehead atoms. The summed E-state index contributed by atoms with van der Waals surface area (Å²) in [6.45, 7) is 5.38. The summed E-state index contributed by atoms with van der Waals surface area (Å²) in [5, 5.41) is 11.2. The van der Waals surface area contributed by atoms with Crippen molar-refractivity contribution >= 4 is 5.91 Å². The van der Waals surface area contributed by atoms with E-state index >= 15 is 0 Å². The van der Waals surface area contributed by atoms with Crippen LogP contribution in [-0.2, 0) is 10.4 Å². The Bertz CT molecular complexity index is 570. The molecule has 24 heavy (non-hydrogen) atoms. The summed E-state index contributed by atoms with van der Waals surface area (Å²) in [6.07, 6.45) is 3.73. The molecule has 5 heteroatoms. The van der Waals surface area contributed by atoms with E-state index in [1.165, 1.54) is 0 Å². The lowest BCUT2D eigenvalue weighted by atomic mass is 9.86. The van der Waals surface area contributed by atoms with E-state index in [1.54, 1.807) is 7.11 Å². The standard InChI is InChI=1S/C19H28N2O3/c1-19(23,15-7-9-16(24-2)10-8-15)17-5-3-11-20(17)13-14-21-12-4-6-18(21)22/h7-10,17,23H,3-6,11-14H2,1-2H3/t17-,19+/m0/s1. The van der Waals surface area contributed by atoms with Crippen molar-refractivity contribution in [1.29, 1.82) is 0 Å². The van der Waals surface area contributed by atoms with Crippen molar-refractivity contribution in [2.75, 3.05) is 33.3 Å². The molecular formula is C19H28N2O3. The summed E-state index contributed by atoms with van der Waals surface area (Å²) in [6, 6.07) is 7.76. The molecule has 0 unspecified atom stereocenters. The third-order valence-corrected chi connectivity index (χ3v) is 5.52. The monoisotopic (exact) mass is 332 g/mol. The van der Waals surface area contributed by atoms with Crippen molar-refractivity contribution in [3.8, 4) is 5.75 Å². The number of likely N-dealkylation sites (tertiary alicyclic amines) is 2. The zero-order valence-electron chi connectivity index (χ0n) is 14.7. The number of nitrogens with zero attached hydrogens (tertiary/aromatic N) is 2. The summed E-state index contributed by atoms with van der Waals surface area (Å²) in [7, 11) is 1.64.